The van der Waals surface area contributed by atoms with Gasteiger partial charge in [0, 0.05) is 44.6 Å². The maximum absolute atomic E-state index is 13.4. The minimum Gasteiger partial charge on any atom is -0.484 e. The highest BCUT2D eigenvalue weighted by Crippen LogP contribution is 2.30. The van der Waals surface area contributed by atoms with E-state index in [1.54, 1.807) is 6.07 Å². The molecule has 3 aromatic carbocycles. The number of ether oxygens (including phenoxy) is 1. The maximum Gasteiger partial charge on any atom is 0.220 e. The maximum atomic E-state index is 13.4. The summed E-state index contributed by atoms with van der Waals surface area (Å²) in [6.07, 6.45) is 0.725. The van der Waals surface area contributed by atoms with E-state index in [0.717, 1.165) is 36.5 Å². The summed E-state index contributed by atoms with van der Waals surface area (Å²) in [5.41, 5.74) is 3.63. The fourth-order valence-corrected chi connectivity index (χ4v) is 4.32. The molecule has 0 spiro atoms. The van der Waals surface area contributed by atoms with Crippen LogP contribution in [0.4, 0.5) is 4.39 Å². The summed E-state index contributed by atoms with van der Waals surface area (Å²) in [6.45, 7) is 2.78. The molecule has 7 heteroatoms. The molecule has 1 aromatic heterocycles. The van der Waals surface area contributed by atoms with Gasteiger partial charge in [-0.05, 0) is 29.8 Å². The molecule has 174 valence electrons. The summed E-state index contributed by atoms with van der Waals surface area (Å²) in [7, 11) is 0. The lowest BCUT2D eigenvalue weighted by Crippen LogP contribution is -2.36. The number of para-hydroxylation sites is 1. The summed E-state index contributed by atoms with van der Waals surface area (Å²) in [6, 6.07) is 22.8. The van der Waals surface area contributed by atoms with Gasteiger partial charge in [-0.3, -0.25) is 9.69 Å². The van der Waals surface area contributed by atoms with Gasteiger partial charge in [0.1, 0.15) is 23.5 Å². The van der Waals surface area contributed by atoms with Crippen molar-refractivity contribution in [1.29, 1.82) is 0 Å². The quantitative estimate of drug-likeness (QED) is 0.431. The monoisotopic (exact) mass is 458 g/mol. The molecule has 0 fully saturated rings. The zero-order valence-corrected chi connectivity index (χ0v) is 18.8. The van der Waals surface area contributed by atoms with Crippen LogP contribution in [0.15, 0.2) is 72.8 Å². The molecule has 4 aromatic rings. The predicted octanol–water partition coefficient (Wildman–Crippen LogP) is 4.39. The van der Waals surface area contributed by atoms with Crippen molar-refractivity contribution in [2.45, 2.75) is 25.5 Å². The van der Waals surface area contributed by atoms with Gasteiger partial charge in [-0.15, -0.1) is 0 Å². The Labute approximate surface area is 197 Å². The zero-order valence-electron chi connectivity index (χ0n) is 18.8. The molecule has 0 unspecified atom stereocenters. The number of carbonyl (C=O) groups is 1. The molecule has 1 aliphatic heterocycles. The zero-order chi connectivity index (χ0) is 23.3. The van der Waals surface area contributed by atoms with Crippen molar-refractivity contribution >= 4 is 16.9 Å². The molecule has 1 amide bonds. The van der Waals surface area contributed by atoms with Crippen LogP contribution in [0.3, 0.4) is 0 Å². The number of imidazole rings is 1. The standard InChI is InChI=1S/C27H27FN4O2/c28-21-10-11-22-23(16-21)31-26(30-22)12-13-27(33)29-14-15-32-17-20-8-4-5-9-24(20)34-25(18-32)19-6-2-1-3-7-19/h1-11,16,25H,12-15,17-18H2,(H,29,33)(H,30,31)/t25-/m0/s1. The average molecular weight is 459 g/mol. The van der Waals surface area contributed by atoms with Gasteiger partial charge >= 0.3 is 0 Å². The molecule has 0 aliphatic carbocycles. The number of carbonyl (C=O) groups excluding carboxylic acids is 1. The largest absolute Gasteiger partial charge is 0.484 e. The van der Waals surface area contributed by atoms with Gasteiger partial charge in [0.15, 0.2) is 0 Å². The first-order chi connectivity index (χ1) is 16.6. The first kappa shape index (κ1) is 22.1. The number of hydrogen-bond donors (Lipinski definition) is 2. The van der Waals surface area contributed by atoms with Gasteiger partial charge in [-0.2, -0.15) is 0 Å². The molecule has 1 atom stereocenters. The van der Waals surface area contributed by atoms with Crippen LogP contribution >= 0.6 is 0 Å². The smallest absolute Gasteiger partial charge is 0.220 e. The number of hydrogen-bond acceptors (Lipinski definition) is 4. The predicted molar refractivity (Wildman–Crippen MR) is 129 cm³/mol. The Morgan fingerprint density at radius 3 is 2.82 bits per heavy atom. The molecule has 5 rings (SSSR count). The van der Waals surface area contributed by atoms with Crippen molar-refractivity contribution in [2.24, 2.45) is 0 Å². The fraction of sp³-hybridized carbons (Fsp3) is 0.259. The summed E-state index contributed by atoms with van der Waals surface area (Å²) in [5, 5.41) is 3.02. The number of aryl methyl sites for hydroxylation is 1. The Hall–Kier alpha value is -3.71. The van der Waals surface area contributed by atoms with E-state index in [1.165, 1.54) is 12.1 Å². The Balaban J connectivity index is 1.16. The van der Waals surface area contributed by atoms with Crippen molar-refractivity contribution in [3.63, 3.8) is 0 Å². The Morgan fingerprint density at radius 2 is 1.94 bits per heavy atom. The third-order valence-corrected chi connectivity index (χ3v) is 6.06. The van der Waals surface area contributed by atoms with E-state index >= 15 is 0 Å². The molecule has 1 aliphatic rings. The van der Waals surface area contributed by atoms with Gasteiger partial charge in [0.2, 0.25) is 5.91 Å². The normalized spacial score (nSPS) is 16.0. The van der Waals surface area contributed by atoms with Crippen molar-refractivity contribution < 1.29 is 13.9 Å². The minimum atomic E-state index is -0.309. The van der Waals surface area contributed by atoms with Gasteiger partial charge in [0.05, 0.1) is 11.0 Å². The van der Waals surface area contributed by atoms with Crippen LogP contribution < -0.4 is 10.1 Å². The van der Waals surface area contributed by atoms with Crippen molar-refractivity contribution in [3.05, 3.63) is 95.6 Å². The number of nitrogens with zero attached hydrogens (tertiary/aromatic N) is 2. The number of halogens is 1. The number of amides is 1. The Kier molecular flexibility index (Phi) is 6.53. The lowest BCUT2D eigenvalue weighted by molar-refractivity contribution is -0.121. The van der Waals surface area contributed by atoms with E-state index in [2.05, 4.69) is 38.4 Å². The second-order valence-electron chi connectivity index (χ2n) is 8.55. The Bertz CT molecular complexity index is 1270. The van der Waals surface area contributed by atoms with E-state index < -0.39 is 0 Å². The van der Waals surface area contributed by atoms with Gasteiger partial charge in [-0.1, -0.05) is 48.5 Å². The highest BCUT2D eigenvalue weighted by Gasteiger charge is 2.24. The van der Waals surface area contributed by atoms with Gasteiger partial charge in [-0.25, -0.2) is 9.37 Å². The number of H-pyrrole nitrogens is 1. The molecular formula is C27H27FN4O2. The number of fused-ring (bicyclic) bond motifs is 2. The first-order valence-corrected chi connectivity index (χ1v) is 11.6. The number of rotatable bonds is 7. The third kappa shape index (κ3) is 5.26. The average Bonchev–Trinajstić information content (AvgIpc) is 3.15. The van der Waals surface area contributed by atoms with Crippen molar-refractivity contribution in [2.75, 3.05) is 19.6 Å². The van der Waals surface area contributed by atoms with Crippen LogP contribution in [-0.2, 0) is 17.8 Å². The number of benzene rings is 3. The summed E-state index contributed by atoms with van der Waals surface area (Å²) < 4.78 is 19.7. The fourth-order valence-electron chi connectivity index (χ4n) is 4.32. The second kappa shape index (κ2) is 10.1. The summed E-state index contributed by atoms with van der Waals surface area (Å²) in [4.78, 5) is 22.2. The first-order valence-electron chi connectivity index (χ1n) is 11.6. The van der Waals surface area contributed by atoms with E-state index in [1.807, 2.05) is 36.4 Å². The second-order valence-corrected chi connectivity index (χ2v) is 8.55. The van der Waals surface area contributed by atoms with E-state index in [9.17, 15) is 9.18 Å². The van der Waals surface area contributed by atoms with Crippen LogP contribution in [0.25, 0.3) is 11.0 Å². The van der Waals surface area contributed by atoms with Crippen molar-refractivity contribution in [1.82, 2.24) is 20.2 Å². The number of aromatic nitrogens is 2. The van der Waals surface area contributed by atoms with Crippen LogP contribution in [0.1, 0.15) is 29.5 Å². The van der Waals surface area contributed by atoms with E-state index in [-0.39, 0.29) is 17.8 Å². The molecule has 0 saturated heterocycles. The summed E-state index contributed by atoms with van der Waals surface area (Å²) in [5.74, 6) is 1.26. The van der Waals surface area contributed by atoms with Crippen LogP contribution in [0, 0.1) is 5.82 Å². The van der Waals surface area contributed by atoms with E-state index in [0.29, 0.717) is 36.2 Å². The lowest BCUT2D eigenvalue weighted by Gasteiger charge is -2.24. The van der Waals surface area contributed by atoms with Crippen LogP contribution in [0.5, 0.6) is 5.75 Å². The topological polar surface area (TPSA) is 70.2 Å². The third-order valence-electron chi connectivity index (χ3n) is 6.06. The number of aromatic amines is 1. The molecule has 34 heavy (non-hydrogen) atoms. The molecule has 0 bridgehead atoms. The highest BCUT2D eigenvalue weighted by atomic mass is 19.1. The van der Waals surface area contributed by atoms with Gasteiger partial charge < -0.3 is 15.0 Å². The minimum absolute atomic E-state index is 0.0299. The molecule has 2 heterocycles. The summed E-state index contributed by atoms with van der Waals surface area (Å²) >= 11 is 0. The highest BCUT2D eigenvalue weighted by molar-refractivity contribution is 5.77. The van der Waals surface area contributed by atoms with Crippen molar-refractivity contribution in [3.8, 4) is 5.75 Å². The lowest BCUT2D eigenvalue weighted by atomic mass is 10.1. The molecular weight excluding hydrogens is 431 g/mol. The molecule has 6 nitrogen and oxygen atoms in total. The van der Waals surface area contributed by atoms with Gasteiger partial charge in [0.25, 0.3) is 0 Å². The molecule has 0 radical (unpaired) electrons. The molecule has 0 saturated carbocycles. The Morgan fingerprint density at radius 1 is 1.12 bits per heavy atom. The number of nitrogens with one attached hydrogen (secondary N) is 2. The SMILES string of the molecule is O=C(CCc1nc2ccc(F)cc2[nH]1)NCCN1Cc2ccccc2O[C@H](c2ccccc2)C1. The molecule has 2 N–H and O–H groups in total. The van der Waals surface area contributed by atoms with Crippen LogP contribution in [0.2, 0.25) is 0 Å². The van der Waals surface area contributed by atoms with E-state index in [4.69, 9.17) is 4.74 Å². The van der Waals surface area contributed by atoms with Crippen LogP contribution in [-0.4, -0.2) is 40.4 Å².